The molecule has 0 N–H and O–H groups in total. The Morgan fingerprint density at radius 3 is 1.06 bits per heavy atom. The minimum absolute atomic E-state index is 0. The van der Waals surface area contributed by atoms with E-state index in [1.165, 1.54) is 27.3 Å². The SMILES string of the molecule is [Au].[Au].[CH2-]C#N.[CH2-]P([CH2-])(Br)(c1ccccc1)c1ccccc1.[CH2-][P+]([CH2-])(c1ccccc1)c1ccccc1. The summed E-state index contributed by atoms with van der Waals surface area (Å²) >= 11 is 3.81. The average Bonchev–Trinajstić information content (AvgIpc) is 2.87. The molecular formula is C30H30Au2BrNP2-4. The molecule has 0 atom stereocenters. The quantitative estimate of drug-likeness (QED) is 0.117. The van der Waals surface area contributed by atoms with Crippen molar-refractivity contribution in [1.82, 2.24) is 0 Å². The summed E-state index contributed by atoms with van der Waals surface area (Å²) in [5, 5.41) is 9.41. The van der Waals surface area contributed by atoms with Crippen LogP contribution in [-0.4, -0.2) is 0 Å². The van der Waals surface area contributed by atoms with Crippen molar-refractivity contribution < 1.29 is 44.8 Å². The van der Waals surface area contributed by atoms with Crippen molar-refractivity contribution in [2.24, 2.45) is 0 Å². The molecule has 0 aliphatic rings. The number of halogens is 1. The van der Waals surface area contributed by atoms with Gasteiger partial charge in [-0.1, -0.05) is 36.4 Å². The molecule has 4 rings (SSSR count). The predicted octanol–water partition coefficient (Wildman–Crippen LogP) is 7.66. The van der Waals surface area contributed by atoms with E-state index in [-0.39, 0.29) is 44.8 Å². The molecule has 2 radical (unpaired) electrons. The molecule has 0 heterocycles. The minimum Gasteiger partial charge on any atom is -0.199 e. The fourth-order valence-electron chi connectivity index (χ4n) is 3.26. The van der Waals surface area contributed by atoms with Gasteiger partial charge >= 0.3 is 105 Å². The van der Waals surface area contributed by atoms with Crippen molar-refractivity contribution in [3.8, 4) is 6.07 Å². The first kappa shape index (κ1) is 35.1. The van der Waals surface area contributed by atoms with Crippen LogP contribution in [0.4, 0.5) is 0 Å². The maximum atomic E-state index is 7.21. The van der Waals surface area contributed by atoms with Gasteiger partial charge in [-0.15, -0.1) is 6.07 Å². The zero-order chi connectivity index (χ0) is 25.1. The third-order valence-corrected chi connectivity index (χ3v) is 13.2. The minimum atomic E-state index is -2.62. The van der Waals surface area contributed by atoms with Gasteiger partial charge in [0.1, 0.15) is 0 Å². The third-order valence-electron chi connectivity index (χ3n) is 5.20. The molecule has 0 bridgehead atoms. The maximum absolute atomic E-state index is 7.21. The molecule has 1 nitrogen and oxygen atoms in total. The summed E-state index contributed by atoms with van der Waals surface area (Å²) in [6.45, 7) is 20.2. The average molecular weight is 940 g/mol. The zero-order valence-electron chi connectivity index (χ0n) is 19.9. The van der Waals surface area contributed by atoms with Crippen molar-refractivity contribution in [3.63, 3.8) is 0 Å². The molecule has 198 valence electrons. The van der Waals surface area contributed by atoms with Crippen LogP contribution >= 0.6 is 28.1 Å². The van der Waals surface area contributed by atoms with Crippen LogP contribution in [0.1, 0.15) is 0 Å². The van der Waals surface area contributed by atoms with Gasteiger partial charge in [-0.05, 0) is 24.3 Å². The van der Waals surface area contributed by atoms with Crippen molar-refractivity contribution >= 4 is 49.3 Å². The summed E-state index contributed by atoms with van der Waals surface area (Å²) < 4.78 is 0. The van der Waals surface area contributed by atoms with Crippen molar-refractivity contribution in [1.29, 1.82) is 5.26 Å². The second-order valence-corrected chi connectivity index (χ2v) is 19.7. The number of hydrogen-bond donors (Lipinski definition) is 0. The number of rotatable bonds is 4. The summed E-state index contributed by atoms with van der Waals surface area (Å²) in [7, 11) is -1.65. The van der Waals surface area contributed by atoms with Crippen molar-refractivity contribution in [2.75, 3.05) is 0 Å². The molecule has 0 unspecified atom stereocenters. The molecular weight excluding hydrogens is 910 g/mol. The summed E-state index contributed by atoms with van der Waals surface area (Å²) in [4.78, 5) is 0. The van der Waals surface area contributed by atoms with Gasteiger partial charge < -0.3 is 6.92 Å². The standard InChI is InChI=1S/C14H14BrP.C14H14P.C2H2N.2Au/c1-16(2,15,13-9-5-3-6-10-13)14-11-7-4-8-12-14;1-15(2,13-9-5-3-6-10-13)14-11-7-4-8-12-14;1-2-3;;/h3-12H,1-2H2;3-12H,1-2H2;1H2;;/q-2;2*-1;;. The normalized spacial score (nSPS) is 11.2. The predicted molar refractivity (Wildman–Crippen MR) is 159 cm³/mol. The Morgan fingerprint density at radius 1 is 0.583 bits per heavy atom. The van der Waals surface area contributed by atoms with Crippen LogP contribution in [0, 0.1) is 44.9 Å². The van der Waals surface area contributed by atoms with Gasteiger partial charge in [-0.2, -0.15) is 20.6 Å². The van der Waals surface area contributed by atoms with Gasteiger partial charge in [0, 0.05) is 55.4 Å². The Balaban J connectivity index is 0.000000585. The summed E-state index contributed by atoms with van der Waals surface area (Å²) in [5.74, 6) is 0. The second-order valence-electron chi connectivity index (χ2n) is 7.84. The van der Waals surface area contributed by atoms with Crippen molar-refractivity contribution in [2.45, 2.75) is 0 Å². The van der Waals surface area contributed by atoms with Gasteiger partial charge in [0.15, 0.2) is 0 Å². The summed E-state index contributed by atoms with van der Waals surface area (Å²) in [6, 6.07) is 42.6. The fourth-order valence-corrected chi connectivity index (χ4v) is 8.48. The molecule has 0 amide bonds. The Morgan fingerprint density at radius 2 is 0.806 bits per heavy atom. The molecule has 0 fully saturated rings. The Labute approximate surface area is 258 Å². The smallest absolute Gasteiger partial charge is 0.0408 e. The van der Waals surface area contributed by atoms with E-state index in [0.717, 1.165) is 0 Å². The molecule has 4 aromatic rings. The van der Waals surface area contributed by atoms with Crippen molar-refractivity contribution in [3.05, 3.63) is 155 Å². The van der Waals surface area contributed by atoms with E-state index in [2.05, 4.69) is 97.6 Å². The number of nitriles is 1. The van der Waals surface area contributed by atoms with E-state index in [0.29, 0.717) is 0 Å². The van der Waals surface area contributed by atoms with Crippen LogP contribution in [0.5, 0.6) is 0 Å². The summed E-state index contributed by atoms with van der Waals surface area (Å²) in [5.41, 5.74) is 0. The van der Waals surface area contributed by atoms with Crippen LogP contribution in [0.25, 0.3) is 0 Å². The topological polar surface area (TPSA) is 23.8 Å². The largest absolute Gasteiger partial charge is 0.199 e. The molecule has 36 heavy (non-hydrogen) atoms. The summed E-state index contributed by atoms with van der Waals surface area (Å²) in [6.07, 6.45) is 0. The molecule has 0 aliphatic carbocycles. The van der Waals surface area contributed by atoms with E-state index >= 15 is 0 Å². The molecule has 0 saturated heterocycles. The fraction of sp³-hybridized carbons (Fsp3) is 0. The van der Waals surface area contributed by atoms with Gasteiger partial charge in [0.05, 0.1) is 0 Å². The van der Waals surface area contributed by atoms with Crippen LogP contribution in [0.15, 0.2) is 121 Å². The first-order valence-corrected chi connectivity index (χ1v) is 17.3. The Hall–Kier alpha value is -0.939. The Bertz CT molecular complexity index is 1090. The monoisotopic (exact) mass is 939 g/mol. The van der Waals surface area contributed by atoms with E-state index in [1.807, 2.05) is 72.8 Å². The van der Waals surface area contributed by atoms with Crippen LogP contribution in [-0.2, 0) is 44.8 Å². The second kappa shape index (κ2) is 16.1. The van der Waals surface area contributed by atoms with Gasteiger partial charge in [0.25, 0.3) is 0 Å². The van der Waals surface area contributed by atoms with Crippen LogP contribution in [0.3, 0.4) is 0 Å². The molecule has 6 heteroatoms. The maximum Gasteiger partial charge on any atom is 0.0408 e. The third kappa shape index (κ3) is 9.74. The molecule has 4 aromatic carbocycles. The number of benzene rings is 4. The van der Waals surface area contributed by atoms with Gasteiger partial charge in [-0.3, -0.25) is 0 Å². The van der Waals surface area contributed by atoms with Gasteiger partial charge in [-0.25, -0.2) is 5.26 Å². The number of nitrogens with zero attached hydrogens (tertiary/aromatic N) is 1. The molecule has 0 spiro atoms. The Kier molecular flexibility index (Phi) is 15.7. The van der Waals surface area contributed by atoms with E-state index < -0.39 is 12.6 Å². The first-order chi connectivity index (χ1) is 16.1. The van der Waals surface area contributed by atoms with Gasteiger partial charge in [0.2, 0.25) is 0 Å². The molecule has 0 aliphatic heterocycles. The van der Waals surface area contributed by atoms with E-state index in [9.17, 15) is 0 Å². The number of hydrogen-bond acceptors (Lipinski definition) is 1. The van der Waals surface area contributed by atoms with Crippen LogP contribution < -0.4 is 21.2 Å². The van der Waals surface area contributed by atoms with E-state index in [4.69, 9.17) is 5.26 Å². The first-order valence-electron chi connectivity index (χ1n) is 10.5. The molecule has 0 saturated carbocycles. The van der Waals surface area contributed by atoms with Crippen LogP contribution in [0.2, 0.25) is 0 Å². The zero-order valence-corrected chi connectivity index (χ0v) is 27.6. The van der Waals surface area contributed by atoms with E-state index in [1.54, 1.807) is 0 Å². The molecule has 0 aromatic heterocycles.